The van der Waals surface area contributed by atoms with Crippen molar-refractivity contribution >= 4 is 11.6 Å². The quantitative estimate of drug-likeness (QED) is 0.413. The molecule has 1 aliphatic heterocycles. The number of ether oxygens (including phenoxy) is 2. The second-order valence-corrected chi connectivity index (χ2v) is 8.17. The molecular formula is C26H28ClNO2. The van der Waals surface area contributed by atoms with Gasteiger partial charge >= 0.3 is 0 Å². The van der Waals surface area contributed by atoms with E-state index in [1.54, 1.807) is 0 Å². The summed E-state index contributed by atoms with van der Waals surface area (Å²) in [5, 5.41) is 0.731. The third kappa shape index (κ3) is 5.78. The van der Waals surface area contributed by atoms with Crippen molar-refractivity contribution in [3.05, 3.63) is 95.5 Å². The SMILES string of the molecule is Clc1ccc(OCCCN2CC[C@@H](Oc3ccccc3)[C@@H](c3ccccc3)C2)cc1. The summed E-state index contributed by atoms with van der Waals surface area (Å²) in [6.07, 6.45) is 2.21. The van der Waals surface area contributed by atoms with Gasteiger partial charge in [0.05, 0.1) is 6.61 Å². The van der Waals surface area contributed by atoms with Crippen molar-refractivity contribution in [2.24, 2.45) is 0 Å². The first-order valence-electron chi connectivity index (χ1n) is 10.7. The molecule has 3 nitrogen and oxygen atoms in total. The zero-order valence-corrected chi connectivity index (χ0v) is 17.9. The summed E-state index contributed by atoms with van der Waals surface area (Å²) in [7, 11) is 0. The molecule has 0 aromatic heterocycles. The van der Waals surface area contributed by atoms with Crippen molar-refractivity contribution in [3.8, 4) is 11.5 Å². The van der Waals surface area contributed by atoms with E-state index in [1.165, 1.54) is 5.56 Å². The maximum absolute atomic E-state index is 6.40. The lowest BCUT2D eigenvalue weighted by atomic mass is 9.87. The maximum Gasteiger partial charge on any atom is 0.119 e. The van der Waals surface area contributed by atoms with Gasteiger partial charge in [-0.15, -0.1) is 0 Å². The van der Waals surface area contributed by atoms with Crippen LogP contribution in [0.5, 0.6) is 11.5 Å². The Labute approximate surface area is 184 Å². The van der Waals surface area contributed by atoms with E-state index >= 15 is 0 Å². The number of halogens is 1. The molecule has 0 unspecified atom stereocenters. The summed E-state index contributed by atoms with van der Waals surface area (Å²) in [5.74, 6) is 2.18. The topological polar surface area (TPSA) is 21.7 Å². The van der Waals surface area contributed by atoms with Gasteiger partial charge in [-0.3, -0.25) is 0 Å². The van der Waals surface area contributed by atoms with E-state index in [0.29, 0.717) is 12.5 Å². The number of likely N-dealkylation sites (tertiary alicyclic amines) is 1. The third-order valence-electron chi connectivity index (χ3n) is 5.59. The highest BCUT2D eigenvalue weighted by Crippen LogP contribution is 2.31. The third-order valence-corrected chi connectivity index (χ3v) is 5.84. The first-order valence-corrected chi connectivity index (χ1v) is 11.0. The minimum absolute atomic E-state index is 0.191. The fraction of sp³-hybridized carbons (Fsp3) is 0.308. The molecule has 0 N–H and O–H groups in total. The molecule has 2 atom stereocenters. The summed E-state index contributed by atoms with van der Waals surface area (Å²) < 4.78 is 12.3. The average molecular weight is 422 g/mol. The zero-order chi connectivity index (χ0) is 20.6. The highest BCUT2D eigenvalue weighted by Gasteiger charge is 2.31. The standard InChI is InChI=1S/C26H28ClNO2/c27-22-12-14-23(15-13-22)29-19-7-17-28-18-16-26(30-24-10-5-2-6-11-24)25(20-28)21-8-3-1-4-9-21/h1-6,8-15,25-26H,7,16-20H2/t25-,26-/m1/s1. The molecule has 4 heteroatoms. The normalized spacial score (nSPS) is 19.4. The van der Waals surface area contributed by atoms with Crippen LogP contribution in [-0.2, 0) is 0 Å². The number of para-hydroxylation sites is 1. The Hall–Kier alpha value is -2.49. The lowest BCUT2D eigenvalue weighted by molar-refractivity contribution is 0.0750. The van der Waals surface area contributed by atoms with E-state index < -0.39 is 0 Å². The van der Waals surface area contributed by atoms with Gasteiger partial charge in [0, 0.05) is 30.6 Å². The first-order chi connectivity index (χ1) is 14.8. The van der Waals surface area contributed by atoms with Crippen molar-refractivity contribution in [2.75, 3.05) is 26.2 Å². The van der Waals surface area contributed by atoms with Crippen molar-refractivity contribution in [1.82, 2.24) is 4.90 Å². The molecule has 0 saturated carbocycles. The largest absolute Gasteiger partial charge is 0.494 e. The molecule has 0 radical (unpaired) electrons. The van der Waals surface area contributed by atoms with Crippen LogP contribution in [0.3, 0.4) is 0 Å². The Morgan fingerprint density at radius 1 is 0.833 bits per heavy atom. The van der Waals surface area contributed by atoms with Gasteiger partial charge < -0.3 is 14.4 Å². The number of rotatable bonds is 8. The number of piperidine rings is 1. The van der Waals surface area contributed by atoms with Crippen LogP contribution in [0.1, 0.15) is 24.3 Å². The van der Waals surface area contributed by atoms with Crippen molar-refractivity contribution < 1.29 is 9.47 Å². The van der Waals surface area contributed by atoms with Gasteiger partial charge in [0.2, 0.25) is 0 Å². The van der Waals surface area contributed by atoms with E-state index in [9.17, 15) is 0 Å². The van der Waals surface area contributed by atoms with Gasteiger partial charge in [-0.05, 0) is 54.8 Å². The Morgan fingerprint density at radius 2 is 1.53 bits per heavy atom. The average Bonchev–Trinajstić information content (AvgIpc) is 2.80. The molecule has 1 fully saturated rings. The number of benzene rings is 3. The Kier molecular flexibility index (Phi) is 7.28. The fourth-order valence-electron chi connectivity index (χ4n) is 4.05. The van der Waals surface area contributed by atoms with Crippen LogP contribution in [-0.4, -0.2) is 37.2 Å². The molecule has 1 heterocycles. The predicted octanol–water partition coefficient (Wildman–Crippen LogP) is 6.05. The highest BCUT2D eigenvalue weighted by atomic mass is 35.5. The van der Waals surface area contributed by atoms with Crippen molar-refractivity contribution in [1.29, 1.82) is 0 Å². The minimum Gasteiger partial charge on any atom is -0.494 e. The van der Waals surface area contributed by atoms with Crippen LogP contribution < -0.4 is 9.47 Å². The van der Waals surface area contributed by atoms with Gasteiger partial charge in [-0.1, -0.05) is 60.1 Å². The van der Waals surface area contributed by atoms with Crippen LogP contribution in [0.15, 0.2) is 84.9 Å². The summed E-state index contributed by atoms with van der Waals surface area (Å²) in [6.45, 7) is 3.78. The van der Waals surface area contributed by atoms with Gasteiger partial charge in [0.15, 0.2) is 0 Å². The fourth-order valence-corrected chi connectivity index (χ4v) is 4.17. The van der Waals surface area contributed by atoms with Crippen molar-refractivity contribution in [2.45, 2.75) is 24.9 Å². The second-order valence-electron chi connectivity index (χ2n) is 7.73. The molecule has 156 valence electrons. The Balaban J connectivity index is 1.33. The van der Waals surface area contributed by atoms with Crippen LogP contribution in [0.4, 0.5) is 0 Å². The summed E-state index contributed by atoms with van der Waals surface area (Å²) >= 11 is 5.93. The van der Waals surface area contributed by atoms with E-state index in [-0.39, 0.29) is 6.10 Å². The van der Waals surface area contributed by atoms with Crippen LogP contribution in [0.2, 0.25) is 5.02 Å². The summed E-state index contributed by atoms with van der Waals surface area (Å²) in [6, 6.07) is 28.5. The molecule has 4 rings (SSSR count). The van der Waals surface area contributed by atoms with E-state index in [1.807, 2.05) is 54.6 Å². The number of nitrogens with zero attached hydrogens (tertiary/aromatic N) is 1. The number of hydrogen-bond donors (Lipinski definition) is 0. The van der Waals surface area contributed by atoms with Gasteiger partial charge in [-0.25, -0.2) is 0 Å². The van der Waals surface area contributed by atoms with E-state index in [0.717, 1.165) is 49.0 Å². The summed E-state index contributed by atoms with van der Waals surface area (Å²) in [5.41, 5.74) is 1.35. The molecule has 0 aliphatic carbocycles. The first kappa shape index (κ1) is 20.8. The van der Waals surface area contributed by atoms with Gasteiger partial charge in [0.1, 0.15) is 17.6 Å². The molecule has 0 spiro atoms. The van der Waals surface area contributed by atoms with Crippen LogP contribution >= 0.6 is 11.6 Å². The lowest BCUT2D eigenvalue weighted by Crippen LogP contribution is -2.44. The van der Waals surface area contributed by atoms with Crippen LogP contribution in [0, 0.1) is 0 Å². The molecule has 3 aromatic rings. The molecule has 1 aliphatic rings. The molecule has 3 aromatic carbocycles. The van der Waals surface area contributed by atoms with Crippen molar-refractivity contribution in [3.63, 3.8) is 0 Å². The van der Waals surface area contributed by atoms with Gasteiger partial charge in [-0.2, -0.15) is 0 Å². The maximum atomic E-state index is 6.40. The molecule has 1 saturated heterocycles. The van der Waals surface area contributed by atoms with Gasteiger partial charge in [0.25, 0.3) is 0 Å². The Bertz CT molecular complexity index is 886. The van der Waals surface area contributed by atoms with Crippen LogP contribution in [0.25, 0.3) is 0 Å². The van der Waals surface area contributed by atoms with E-state index in [2.05, 4.69) is 35.2 Å². The molecule has 30 heavy (non-hydrogen) atoms. The lowest BCUT2D eigenvalue weighted by Gasteiger charge is -2.39. The van der Waals surface area contributed by atoms with E-state index in [4.69, 9.17) is 21.1 Å². The number of hydrogen-bond acceptors (Lipinski definition) is 3. The molecular weight excluding hydrogens is 394 g/mol. The monoisotopic (exact) mass is 421 g/mol. The highest BCUT2D eigenvalue weighted by molar-refractivity contribution is 6.30. The Morgan fingerprint density at radius 3 is 2.27 bits per heavy atom. The minimum atomic E-state index is 0.191. The predicted molar refractivity (Wildman–Crippen MR) is 123 cm³/mol. The second kappa shape index (κ2) is 10.5. The molecule has 0 amide bonds. The zero-order valence-electron chi connectivity index (χ0n) is 17.1. The smallest absolute Gasteiger partial charge is 0.119 e. The summed E-state index contributed by atoms with van der Waals surface area (Å²) in [4.78, 5) is 2.54. The molecule has 0 bridgehead atoms.